The molecule has 0 spiro atoms. The summed E-state index contributed by atoms with van der Waals surface area (Å²) in [4.78, 5) is 55.5. The van der Waals surface area contributed by atoms with Crippen molar-refractivity contribution < 1.29 is 47.7 Å². The Balaban J connectivity index is 3.77. The molecule has 1 atom stereocenters. The van der Waals surface area contributed by atoms with Crippen molar-refractivity contribution in [3.8, 4) is 0 Å². The van der Waals surface area contributed by atoms with E-state index in [2.05, 4.69) is 19.2 Å². The zero-order valence-corrected chi connectivity index (χ0v) is 33.0. The van der Waals surface area contributed by atoms with E-state index in [0.29, 0.717) is 38.2 Å². The number of hydrogen-bond acceptors (Lipinski definition) is 10. The van der Waals surface area contributed by atoms with Gasteiger partial charge in [0, 0.05) is 31.6 Å². The number of esters is 2. The number of nitrogens with two attached hydrogens (primary N) is 1. The highest BCUT2D eigenvalue weighted by Gasteiger charge is 2.48. The van der Waals surface area contributed by atoms with Gasteiger partial charge in [-0.2, -0.15) is 11.8 Å². The van der Waals surface area contributed by atoms with Gasteiger partial charge < -0.3 is 34.1 Å². The predicted molar refractivity (Wildman–Crippen MR) is 201 cm³/mol. The normalized spacial score (nSPS) is 12.8. The number of ether oxygens (including phenoxy) is 4. The summed E-state index contributed by atoms with van der Waals surface area (Å²) in [5, 5.41) is 2.77. The molecule has 0 aliphatic heterocycles. The maximum atomic E-state index is 12.2. The number of rotatable bonds is 37. The monoisotopic (exact) mass is 754 g/mol. The molecule has 50 heavy (non-hydrogen) atoms. The first-order valence-corrected chi connectivity index (χ1v) is 22.0. The SMILES string of the molecule is CCCCCCCCCCCC(=O)OCCCSCCC(=O)NCCOCCOCC(N)(OC(=O)CCCCCCCCCCC)P(=O)(O)O. The molecule has 12 nitrogen and oxygen atoms in total. The number of amides is 1. The van der Waals surface area contributed by atoms with E-state index in [1.165, 1.54) is 77.0 Å². The van der Waals surface area contributed by atoms with Crippen LogP contribution in [0.3, 0.4) is 0 Å². The Bertz CT molecular complexity index is 895. The van der Waals surface area contributed by atoms with Crippen molar-refractivity contribution in [3.05, 3.63) is 0 Å². The van der Waals surface area contributed by atoms with Gasteiger partial charge in [-0.15, -0.1) is 0 Å². The highest BCUT2D eigenvalue weighted by molar-refractivity contribution is 7.99. The number of nitrogens with one attached hydrogen (secondary N) is 1. The zero-order chi connectivity index (χ0) is 37.2. The van der Waals surface area contributed by atoms with Crippen LogP contribution >= 0.6 is 19.4 Å². The van der Waals surface area contributed by atoms with Crippen LogP contribution in [-0.2, 0) is 37.9 Å². The van der Waals surface area contributed by atoms with E-state index < -0.39 is 25.6 Å². The van der Waals surface area contributed by atoms with E-state index >= 15 is 0 Å². The van der Waals surface area contributed by atoms with Gasteiger partial charge in [0.25, 0.3) is 5.47 Å². The van der Waals surface area contributed by atoms with Crippen LogP contribution in [0.2, 0.25) is 0 Å². The second-order valence-electron chi connectivity index (χ2n) is 13.0. The lowest BCUT2D eigenvalue weighted by atomic mass is 10.1. The molecule has 0 rings (SSSR count). The van der Waals surface area contributed by atoms with Crippen LogP contribution in [0.4, 0.5) is 0 Å². The molecule has 5 N–H and O–H groups in total. The second-order valence-corrected chi connectivity index (χ2v) is 16.0. The topological polar surface area (TPSA) is 184 Å². The molecule has 0 radical (unpaired) electrons. The van der Waals surface area contributed by atoms with Crippen LogP contribution < -0.4 is 11.1 Å². The molecule has 0 bridgehead atoms. The molecule has 0 saturated carbocycles. The van der Waals surface area contributed by atoms with E-state index in [1.54, 1.807) is 11.8 Å². The lowest BCUT2D eigenvalue weighted by Crippen LogP contribution is -2.48. The Morgan fingerprint density at radius 3 is 1.68 bits per heavy atom. The molecule has 0 saturated heterocycles. The van der Waals surface area contributed by atoms with Crippen molar-refractivity contribution in [2.24, 2.45) is 5.73 Å². The highest BCUT2D eigenvalue weighted by atomic mass is 32.2. The van der Waals surface area contributed by atoms with E-state index in [0.717, 1.165) is 44.3 Å². The molecule has 0 aromatic carbocycles. The quantitative estimate of drug-likeness (QED) is 0.0214. The molecule has 0 aromatic heterocycles. The first kappa shape index (κ1) is 48.8. The molecule has 1 amide bonds. The van der Waals surface area contributed by atoms with Gasteiger partial charge in [-0.05, 0) is 25.0 Å². The van der Waals surface area contributed by atoms with Crippen LogP contribution in [0.15, 0.2) is 0 Å². The Kier molecular flexibility index (Phi) is 32.8. The van der Waals surface area contributed by atoms with E-state index in [4.69, 9.17) is 24.7 Å². The molecule has 0 aliphatic rings. The fourth-order valence-corrected chi connectivity index (χ4v) is 6.39. The van der Waals surface area contributed by atoms with Gasteiger partial charge in [0.1, 0.15) is 6.61 Å². The summed E-state index contributed by atoms with van der Waals surface area (Å²) >= 11 is 1.64. The first-order chi connectivity index (χ1) is 24.1. The van der Waals surface area contributed by atoms with Crippen molar-refractivity contribution in [1.82, 2.24) is 5.32 Å². The van der Waals surface area contributed by atoms with Gasteiger partial charge in [0.15, 0.2) is 0 Å². The molecule has 0 fully saturated rings. The lowest BCUT2D eigenvalue weighted by Gasteiger charge is -2.29. The van der Waals surface area contributed by atoms with E-state index in [1.807, 2.05) is 0 Å². The molecule has 296 valence electrons. The third-order valence-electron chi connectivity index (χ3n) is 8.17. The molecular formula is C36H71N2O10PS. The summed E-state index contributed by atoms with van der Waals surface area (Å²) in [6, 6.07) is 0. The molecule has 0 aromatic rings. The molecule has 14 heteroatoms. The maximum Gasteiger partial charge on any atom is 0.386 e. The molecule has 0 aliphatic carbocycles. The fraction of sp³-hybridized carbons (Fsp3) is 0.917. The first-order valence-electron chi connectivity index (χ1n) is 19.3. The third kappa shape index (κ3) is 30.4. The summed E-state index contributed by atoms with van der Waals surface area (Å²) < 4.78 is 32.9. The van der Waals surface area contributed by atoms with Crippen molar-refractivity contribution in [2.45, 2.75) is 161 Å². The number of carbonyl (C=O) groups is 3. The van der Waals surface area contributed by atoms with E-state index in [9.17, 15) is 28.7 Å². The van der Waals surface area contributed by atoms with Crippen molar-refractivity contribution in [1.29, 1.82) is 0 Å². The lowest BCUT2D eigenvalue weighted by molar-refractivity contribution is -0.158. The summed E-state index contributed by atoms with van der Waals surface area (Å²) in [6.45, 7) is 4.73. The Hall–Kier alpha value is -1.21. The summed E-state index contributed by atoms with van der Waals surface area (Å²) in [5.41, 5.74) is 3.20. The van der Waals surface area contributed by atoms with Gasteiger partial charge in [-0.3, -0.25) is 24.7 Å². The summed E-state index contributed by atoms with van der Waals surface area (Å²) in [7, 11) is -5.01. The molecule has 1 unspecified atom stereocenters. The summed E-state index contributed by atoms with van der Waals surface area (Å²) in [6.07, 6.45) is 22.2. The van der Waals surface area contributed by atoms with E-state index in [-0.39, 0.29) is 38.1 Å². The Labute approximate surface area is 307 Å². The molecular weight excluding hydrogens is 683 g/mol. The minimum Gasteiger partial charge on any atom is -0.466 e. The number of unbranched alkanes of at least 4 members (excludes halogenated alkanes) is 16. The van der Waals surface area contributed by atoms with Crippen molar-refractivity contribution >= 4 is 37.2 Å². The smallest absolute Gasteiger partial charge is 0.386 e. The van der Waals surface area contributed by atoms with Crippen LogP contribution in [-0.4, -0.2) is 84.2 Å². The van der Waals surface area contributed by atoms with Gasteiger partial charge >= 0.3 is 19.5 Å². The third-order valence-corrected chi connectivity index (χ3v) is 10.4. The Morgan fingerprint density at radius 2 is 1.14 bits per heavy atom. The zero-order valence-electron chi connectivity index (χ0n) is 31.3. The Morgan fingerprint density at radius 1 is 0.640 bits per heavy atom. The molecule has 0 heterocycles. The van der Waals surface area contributed by atoms with Crippen molar-refractivity contribution in [2.75, 3.05) is 51.1 Å². The fourth-order valence-electron chi connectivity index (χ4n) is 5.06. The number of thioether (sulfide) groups is 1. The predicted octanol–water partition coefficient (Wildman–Crippen LogP) is 7.37. The second kappa shape index (κ2) is 33.6. The largest absolute Gasteiger partial charge is 0.466 e. The minimum atomic E-state index is -5.01. The van der Waals surface area contributed by atoms with Crippen LogP contribution in [0.1, 0.15) is 155 Å². The minimum absolute atomic E-state index is 0.0267. The van der Waals surface area contributed by atoms with Gasteiger partial charge in [-0.25, -0.2) is 0 Å². The van der Waals surface area contributed by atoms with Gasteiger partial charge in [-0.1, -0.05) is 117 Å². The number of carbonyl (C=O) groups excluding carboxylic acids is 3. The maximum absolute atomic E-state index is 12.2. The van der Waals surface area contributed by atoms with Crippen molar-refractivity contribution in [3.63, 3.8) is 0 Å². The highest BCUT2D eigenvalue weighted by Crippen LogP contribution is 2.48. The number of hydrogen-bond donors (Lipinski definition) is 4. The summed E-state index contributed by atoms with van der Waals surface area (Å²) in [5.74, 6) is 0.486. The van der Waals surface area contributed by atoms with Gasteiger partial charge in [0.05, 0.1) is 26.4 Å². The standard InChI is InChI=1S/C36H71N2O10PS/c1-3-5-7-9-11-13-15-17-19-22-34(40)47-26-21-30-50-31-24-33(39)38-25-27-45-28-29-46-32-36(37,49(42,43)44)48-35(41)23-20-18-16-14-12-10-8-6-4-2/h3-32,37H2,1-2H3,(H,38,39)(H2,42,43,44). The van der Waals surface area contributed by atoms with Crippen LogP contribution in [0, 0.1) is 0 Å². The van der Waals surface area contributed by atoms with Gasteiger partial charge in [0.2, 0.25) is 5.91 Å². The van der Waals surface area contributed by atoms with Crippen LogP contribution in [0.25, 0.3) is 0 Å². The average molecular weight is 755 g/mol. The van der Waals surface area contributed by atoms with Crippen LogP contribution in [0.5, 0.6) is 0 Å². The average Bonchev–Trinajstić information content (AvgIpc) is 3.07.